The lowest BCUT2D eigenvalue weighted by Gasteiger charge is -2.31. The average molecular weight is 251 g/mol. The Morgan fingerprint density at radius 1 is 1.28 bits per heavy atom. The predicted octanol–water partition coefficient (Wildman–Crippen LogP) is 4.13. The monoisotopic (exact) mass is 251 g/mol. The molecule has 0 atom stereocenters. The van der Waals surface area contributed by atoms with Gasteiger partial charge in [0.1, 0.15) is 0 Å². The van der Waals surface area contributed by atoms with Gasteiger partial charge in [-0.05, 0) is 24.8 Å². The summed E-state index contributed by atoms with van der Waals surface area (Å²) in [6.45, 7) is 11.3. The number of rotatable bonds is 7. The van der Waals surface area contributed by atoms with E-state index in [1.54, 1.807) is 6.07 Å². The highest BCUT2D eigenvalue weighted by molar-refractivity contribution is 5.91. The van der Waals surface area contributed by atoms with Crippen LogP contribution in [0.1, 0.15) is 58.0 Å². The van der Waals surface area contributed by atoms with Crippen LogP contribution in [0.2, 0.25) is 0 Å². The molecule has 0 radical (unpaired) electrons. The average Bonchev–Trinajstić information content (AvgIpc) is 2.78. The van der Waals surface area contributed by atoms with Gasteiger partial charge in [0, 0.05) is 25.6 Å². The SMILES string of the molecule is CCC(CC)N(CC(C)C)c1ccc(C(C)=O)o1. The molecular formula is C15H25NO2. The maximum atomic E-state index is 11.3. The lowest BCUT2D eigenvalue weighted by Crippen LogP contribution is -2.37. The summed E-state index contributed by atoms with van der Waals surface area (Å²) in [7, 11) is 0. The first-order valence-electron chi connectivity index (χ1n) is 6.86. The van der Waals surface area contributed by atoms with Crippen LogP contribution in [0.15, 0.2) is 16.5 Å². The van der Waals surface area contributed by atoms with Crippen LogP contribution in [0.3, 0.4) is 0 Å². The number of carbonyl (C=O) groups excluding carboxylic acids is 1. The fraction of sp³-hybridized carbons (Fsp3) is 0.667. The van der Waals surface area contributed by atoms with E-state index in [4.69, 9.17) is 4.42 Å². The van der Waals surface area contributed by atoms with Crippen LogP contribution in [0, 0.1) is 5.92 Å². The van der Waals surface area contributed by atoms with Gasteiger partial charge in [-0.15, -0.1) is 0 Å². The number of anilines is 1. The van der Waals surface area contributed by atoms with E-state index in [1.807, 2.05) is 6.07 Å². The number of nitrogens with zero attached hydrogens (tertiary/aromatic N) is 1. The normalized spacial score (nSPS) is 11.3. The first-order chi connectivity index (χ1) is 8.49. The van der Waals surface area contributed by atoms with Crippen LogP contribution in [0.25, 0.3) is 0 Å². The van der Waals surface area contributed by atoms with E-state index < -0.39 is 0 Å². The molecular weight excluding hydrogens is 226 g/mol. The third-order valence-electron chi connectivity index (χ3n) is 3.17. The number of carbonyl (C=O) groups is 1. The minimum atomic E-state index is -0.0182. The molecule has 0 aromatic carbocycles. The quantitative estimate of drug-likeness (QED) is 0.683. The number of hydrogen-bond acceptors (Lipinski definition) is 3. The van der Waals surface area contributed by atoms with Crippen molar-refractivity contribution in [1.82, 2.24) is 0 Å². The van der Waals surface area contributed by atoms with Crippen molar-refractivity contribution in [3.05, 3.63) is 17.9 Å². The summed E-state index contributed by atoms with van der Waals surface area (Å²) in [5, 5.41) is 0. The molecule has 0 fully saturated rings. The molecule has 3 heteroatoms. The topological polar surface area (TPSA) is 33.5 Å². The van der Waals surface area contributed by atoms with Gasteiger partial charge >= 0.3 is 0 Å². The zero-order valence-electron chi connectivity index (χ0n) is 12.2. The van der Waals surface area contributed by atoms with Crippen molar-refractivity contribution in [3.8, 4) is 0 Å². The maximum Gasteiger partial charge on any atom is 0.196 e. The predicted molar refractivity (Wildman–Crippen MR) is 75.3 cm³/mol. The Bertz CT molecular complexity index is 378. The second-order valence-corrected chi connectivity index (χ2v) is 5.21. The molecule has 102 valence electrons. The largest absolute Gasteiger partial charge is 0.437 e. The molecule has 0 bridgehead atoms. The van der Waals surface area contributed by atoms with Crippen LogP contribution in [-0.4, -0.2) is 18.4 Å². The highest BCUT2D eigenvalue weighted by Gasteiger charge is 2.20. The molecule has 0 aliphatic rings. The van der Waals surface area contributed by atoms with Gasteiger partial charge in [0.05, 0.1) is 0 Å². The van der Waals surface area contributed by atoms with Crippen LogP contribution >= 0.6 is 0 Å². The summed E-state index contributed by atoms with van der Waals surface area (Å²) in [6, 6.07) is 4.16. The van der Waals surface area contributed by atoms with Crippen molar-refractivity contribution in [3.63, 3.8) is 0 Å². The molecule has 0 amide bonds. The Balaban J connectivity index is 2.96. The summed E-state index contributed by atoms with van der Waals surface area (Å²) in [6.07, 6.45) is 2.17. The van der Waals surface area contributed by atoms with Crippen molar-refractivity contribution < 1.29 is 9.21 Å². The molecule has 0 aliphatic carbocycles. The first kappa shape index (κ1) is 14.8. The Morgan fingerprint density at radius 3 is 2.28 bits per heavy atom. The molecule has 0 saturated heterocycles. The van der Waals surface area contributed by atoms with Gasteiger partial charge < -0.3 is 9.32 Å². The van der Waals surface area contributed by atoms with Crippen molar-refractivity contribution in [2.75, 3.05) is 11.4 Å². The summed E-state index contributed by atoms with van der Waals surface area (Å²) < 4.78 is 5.67. The summed E-state index contributed by atoms with van der Waals surface area (Å²) in [5.74, 6) is 1.82. The summed E-state index contributed by atoms with van der Waals surface area (Å²) >= 11 is 0. The van der Waals surface area contributed by atoms with Gasteiger partial charge in [-0.3, -0.25) is 4.79 Å². The van der Waals surface area contributed by atoms with Crippen molar-refractivity contribution >= 4 is 11.7 Å². The van der Waals surface area contributed by atoms with Crippen LogP contribution in [0.4, 0.5) is 5.88 Å². The standard InChI is InChI=1S/C15H25NO2/c1-6-13(7-2)16(10-11(3)4)15-9-8-14(18-15)12(5)17/h8-9,11,13H,6-7,10H2,1-5H3. The van der Waals surface area contributed by atoms with E-state index in [2.05, 4.69) is 32.6 Å². The smallest absolute Gasteiger partial charge is 0.196 e. The Kier molecular flexibility index (Phi) is 5.45. The van der Waals surface area contributed by atoms with Gasteiger partial charge in [-0.2, -0.15) is 0 Å². The van der Waals surface area contributed by atoms with E-state index in [0.29, 0.717) is 17.7 Å². The first-order valence-corrected chi connectivity index (χ1v) is 6.86. The summed E-state index contributed by atoms with van der Waals surface area (Å²) in [5.41, 5.74) is 0. The van der Waals surface area contributed by atoms with Crippen LogP contribution < -0.4 is 4.90 Å². The molecule has 0 unspecified atom stereocenters. The zero-order valence-corrected chi connectivity index (χ0v) is 12.2. The van der Waals surface area contributed by atoms with E-state index in [9.17, 15) is 4.79 Å². The molecule has 0 spiro atoms. The molecule has 3 nitrogen and oxygen atoms in total. The number of hydrogen-bond donors (Lipinski definition) is 0. The molecule has 1 aromatic rings. The Morgan fingerprint density at radius 2 is 1.89 bits per heavy atom. The molecule has 1 aromatic heterocycles. The van der Waals surface area contributed by atoms with Gasteiger partial charge in [0.2, 0.25) is 0 Å². The second kappa shape index (κ2) is 6.62. The molecule has 0 aliphatic heterocycles. The van der Waals surface area contributed by atoms with E-state index >= 15 is 0 Å². The third kappa shape index (κ3) is 3.62. The fourth-order valence-electron chi connectivity index (χ4n) is 2.21. The van der Waals surface area contributed by atoms with E-state index in [0.717, 1.165) is 25.3 Å². The van der Waals surface area contributed by atoms with Crippen molar-refractivity contribution in [1.29, 1.82) is 0 Å². The minimum absolute atomic E-state index is 0.0182. The van der Waals surface area contributed by atoms with E-state index in [-0.39, 0.29) is 5.78 Å². The third-order valence-corrected chi connectivity index (χ3v) is 3.17. The van der Waals surface area contributed by atoms with Gasteiger partial charge in [0.25, 0.3) is 0 Å². The second-order valence-electron chi connectivity index (χ2n) is 5.21. The van der Waals surface area contributed by atoms with Crippen LogP contribution in [0.5, 0.6) is 0 Å². The maximum absolute atomic E-state index is 11.3. The minimum Gasteiger partial charge on any atom is -0.437 e. The zero-order chi connectivity index (χ0) is 13.7. The van der Waals surface area contributed by atoms with Gasteiger partial charge in [-0.1, -0.05) is 27.7 Å². The summed E-state index contributed by atoms with van der Waals surface area (Å²) in [4.78, 5) is 13.6. The molecule has 1 rings (SSSR count). The molecule has 0 saturated carbocycles. The van der Waals surface area contributed by atoms with Crippen molar-refractivity contribution in [2.24, 2.45) is 5.92 Å². The highest BCUT2D eigenvalue weighted by Crippen LogP contribution is 2.24. The Hall–Kier alpha value is -1.25. The number of Topliss-reactive ketones (excluding diaryl/α,β-unsaturated/α-hetero) is 1. The lowest BCUT2D eigenvalue weighted by molar-refractivity contribution is 0.0987. The fourth-order valence-corrected chi connectivity index (χ4v) is 2.21. The molecule has 1 heterocycles. The molecule has 18 heavy (non-hydrogen) atoms. The van der Waals surface area contributed by atoms with Crippen molar-refractivity contribution in [2.45, 2.75) is 53.5 Å². The van der Waals surface area contributed by atoms with Crippen LogP contribution in [-0.2, 0) is 0 Å². The van der Waals surface area contributed by atoms with Gasteiger partial charge in [0.15, 0.2) is 17.4 Å². The Labute approximate surface area is 110 Å². The number of ketones is 1. The van der Waals surface area contributed by atoms with E-state index in [1.165, 1.54) is 6.92 Å². The number of furan rings is 1. The molecule has 0 N–H and O–H groups in total. The highest BCUT2D eigenvalue weighted by atomic mass is 16.4. The van der Waals surface area contributed by atoms with Gasteiger partial charge in [-0.25, -0.2) is 0 Å². The lowest BCUT2D eigenvalue weighted by atomic mass is 10.1.